The molecule has 4 rings (SSSR count). The number of nitrogens with two attached hydrogens (primary N) is 1. The maximum Gasteiger partial charge on any atom is 0.150 e. The van der Waals surface area contributed by atoms with Crippen molar-refractivity contribution in [2.45, 2.75) is 63.3 Å². The van der Waals surface area contributed by atoms with Gasteiger partial charge >= 0.3 is 0 Å². The van der Waals surface area contributed by atoms with Crippen LogP contribution in [0.1, 0.15) is 60.3 Å². The third kappa shape index (κ3) is 6.77. The fourth-order valence-electron chi connectivity index (χ4n) is 4.64. The quantitative estimate of drug-likeness (QED) is 0.530. The molecular formula is C25H33ClFNO2S. The second kappa shape index (κ2) is 10.5. The molecular weight excluding hydrogens is 433 g/mol. The minimum Gasteiger partial charge on any atom is -0.327 e. The molecule has 0 saturated heterocycles. The summed E-state index contributed by atoms with van der Waals surface area (Å²) in [5, 5.41) is 0. The van der Waals surface area contributed by atoms with Gasteiger partial charge in [-0.2, -0.15) is 0 Å². The number of halogens is 2. The molecule has 0 bridgehead atoms. The number of rotatable bonds is 9. The van der Waals surface area contributed by atoms with Crippen molar-refractivity contribution in [3.05, 3.63) is 70.5 Å². The Balaban J connectivity index is 0.00000272. The molecule has 2 aliphatic carbocycles. The predicted octanol–water partition coefficient (Wildman–Crippen LogP) is 4.99. The SMILES string of the molecule is Cl.NC1CCc2ccc(CCCCS(=O)(=O)CC3CC3)cc2C1Cc1ccc(F)cc1. The average Bonchev–Trinajstić information content (AvgIpc) is 3.52. The van der Waals surface area contributed by atoms with Crippen LogP contribution in [0.25, 0.3) is 0 Å². The van der Waals surface area contributed by atoms with Crippen molar-refractivity contribution in [1.29, 1.82) is 0 Å². The van der Waals surface area contributed by atoms with Crippen LogP contribution in [0.15, 0.2) is 42.5 Å². The van der Waals surface area contributed by atoms with Crippen LogP contribution in [0, 0.1) is 11.7 Å². The molecule has 170 valence electrons. The molecule has 2 aromatic carbocycles. The van der Waals surface area contributed by atoms with E-state index in [1.165, 1.54) is 28.8 Å². The van der Waals surface area contributed by atoms with Gasteiger partial charge in [-0.05, 0) is 91.7 Å². The first-order chi connectivity index (χ1) is 14.4. The van der Waals surface area contributed by atoms with Gasteiger partial charge in [0.05, 0.1) is 11.5 Å². The Labute approximate surface area is 192 Å². The molecule has 0 aliphatic heterocycles. The van der Waals surface area contributed by atoms with E-state index in [9.17, 15) is 12.8 Å². The lowest BCUT2D eigenvalue weighted by molar-refractivity contribution is 0.467. The summed E-state index contributed by atoms with van der Waals surface area (Å²) in [6.07, 6.45) is 7.45. The molecule has 0 amide bonds. The highest BCUT2D eigenvalue weighted by Crippen LogP contribution is 2.35. The molecule has 3 nitrogen and oxygen atoms in total. The number of unbranched alkanes of at least 4 members (excludes halogenated alkanes) is 1. The Kier molecular flexibility index (Phi) is 8.17. The van der Waals surface area contributed by atoms with Gasteiger partial charge in [0, 0.05) is 12.0 Å². The van der Waals surface area contributed by atoms with Crippen LogP contribution < -0.4 is 5.73 Å². The summed E-state index contributed by atoms with van der Waals surface area (Å²) in [6, 6.07) is 13.5. The van der Waals surface area contributed by atoms with Crippen LogP contribution in [0.5, 0.6) is 0 Å². The first kappa shape index (κ1) is 24.2. The minimum atomic E-state index is -2.88. The van der Waals surface area contributed by atoms with Crippen LogP contribution in [0.2, 0.25) is 0 Å². The summed E-state index contributed by atoms with van der Waals surface area (Å²) >= 11 is 0. The van der Waals surface area contributed by atoms with E-state index in [1.807, 2.05) is 12.1 Å². The van der Waals surface area contributed by atoms with Crippen LogP contribution in [-0.4, -0.2) is 26.0 Å². The summed E-state index contributed by atoms with van der Waals surface area (Å²) in [6.45, 7) is 0. The Morgan fingerprint density at radius 1 is 0.968 bits per heavy atom. The standard InChI is InChI=1S/C25H32FNO2S.ClH/c26-22-11-7-19(8-12-22)16-24-23-15-18(6-9-21(23)10-13-25(24)27)3-1-2-14-30(28,29)17-20-4-5-20;/h6-9,11-12,15,20,24-25H,1-5,10,13-14,16-17,27H2;1H. The third-order valence-electron chi connectivity index (χ3n) is 6.60. The van der Waals surface area contributed by atoms with Crippen LogP contribution in [0.4, 0.5) is 4.39 Å². The summed E-state index contributed by atoms with van der Waals surface area (Å²) < 4.78 is 37.5. The van der Waals surface area contributed by atoms with Crippen molar-refractivity contribution >= 4 is 22.2 Å². The topological polar surface area (TPSA) is 60.2 Å². The molecule has 2 aliphatic rings. The monoisotopic (exact) mass is 465 g/mol. The molecule has 2 unspecified atom stereocenters. The van der Waals surface area contributed by atoms with E-state index >= 15 is 0 Å². The first-order valence-corrected chi connectivity index (χ1v) is 13.0. The molecule has 2 aromatic rings. The zero-order chi connectivity index (χ0) is 21.1. The van der Waals surface area contributed by atoms with E-state index in [1.54, 1.807) is 0 Å². The van der Waals surface area contributed by atoms with Crippen molar-refractivity contribution in [3.63, 3.8) is 0 Å². The fraction of sp³-hybridized carbons (Fsp3) is 0.520. The van der Waals surface area contributed by atoms with E-state index in [2.05, 4.69) is 18.2 Å². The Morgan fingerprint density at radius 3 is 2.39 bits per heavy atom. The van der Waals surface area contributed by atoms with Gasteiger partial charge in [0.1, 0.15) is 5.82 Å². The van der Waals surface area contributed by atoms with E-state index in [4.69, 9.17) is 5.73 Å². The molecule has 31 heavy (non-hydrogen) atoms. The molecule has 2 atom stereocenters. The maximum absolute atomic E-state index is 13.3. The summed E-state index contributed by atoms with van der Waals surface area (Å²) in [5.74, 6) is 1.14. The average molecular weight is 466 g/mol. The minimum absolute atomic E-state index is 0. The highest BCUT2D eigenvalue weighted by Gasteiger charge is 2.28. The predicted molar refractivity (Wildman–Crippen MR) is 127 cm³/mol. The summed E-state index contributed by atoms with van der Waals surface area (Å²) in [7, 11) is -2.88. The van der Waals surface area contributed by atoms with Crippen molar-refractivity contribution < 1.29 is 12.8 Å². The van der Waals surface area contributed by atoms with Gasteiger partial charge < -0.3 is 5.73 Å². The van der Waals surface area contributed by atoms with E-state index in [0.29, 0.717) is 17.4 Å². The number of hydrogen-bond acceptors (Lipinski definition) is 3. The van der Waals surface area contributed by atoms with Gasteiger partial charge in [-0.3, -0.25) is 0 Å². The number of fused-ring (bicyclic) bond motifs is 1. The van der Waals surface area contributed by atoms with Gasteiger partial charge in [0.15, 0.2) is 9.84 Å². The smallest absolute Gasteiger partial charge is 0.150 e. The first-order valence-electron chi connectivity index (χ1n) is 11.2. The molecule has 0 radical (unpaired) electrons. The van der Waals surface area contributed by atoms with Gasteiger partial charge in [-0.15, -0.1) is 12.4 Å². The Morgan fingerprint density at radius 2 is 1.68 bits per heavy atom. The number of hydrogen-bond donors (Lipinski definition) is 1. The third-order valence-corrected chi connectivity index (χ3v) is 8.49. The maximum atomic E-state index is 13.3. The van der Waals surface area contributed by atoms with Gasteiger partial charge in [-0.1, -0.05) is 30.3 Å². The molecule has 0 aromatic heterocycles. The zero-order valence-electron chi connectivity index (χ0n) is 17.9. The lowest BCUT2D eigenvalue weighted by Gasteiger charge is -2.32. The zero-order valence-corrected chi connectivity index (χ0v) is 19.6. The van der Waals surface area contributed by atoms with E-state index in [0.717, 1.165) is 56.9 Å². The molecule has 1 fully saturated rings. The number of aryl methyl sites for hydroxylation is 2. The van der Waals surface area contributed by atoms with E-state index < -0.39 is 9.84 Å². The second-order valence-electron chi connectivity index (χ2n) is 9.19. The van der Waals surface area contributed by atoms with Crippen LogP contribution >= 0.6 is 12.4 Å². The fourth-order valence-corrected chi connectivity index (χ4v) is 6.50. The van der Waals surface area contributed by atoms with Crippen molar-refractivity contribution in [2.75, 3.05) is 11.5 Å². The Bertz CT molecular complexity index is 974. The summed E-state index contributed by atoms with van der Waals surface area (Å²) in [4.78, 5) is 0. The normalized spacial score (nSPS) is 20.7. The van der Waals surface area contributed by atoms with E-state index in [-0.39, 0.29) is 30.2 Å². The molecule has 1 saturated carbocycles. The second-order valence-corrected chi connectivity index (χ2v) is 11.4. The number of benzene rings is 2. The van der Waals surface area contributed by atoms with Gasteiger partial charge in [0.25, 0.3) is 0 Å². The largest absolute Gasteiger partial charge is 0.327 e. The molecule has 0 spiro atoms. The molecule has 6 heteroatoms. The molecule has 2 N–H and O–H groups in total. The lowest BCUT2D eigenvalue weighted by Crippen LogP contribution is -2.34. The highest BCUT2D eigenvalue weighted by molar-refractivity contribution is 7.91. The van der Waals surface area contributed by atoms with Gasteiger partial charge in [-0.25, -0.2) is 12.8 Å². The Hall–Kier alpha value is -1.43. The van der Waals surface area contributed by atoms with Crippen molar-refractivity contribution in [1.82, 2.24) is 0 Å². The summed E-state index contributed by atoms with van der Waals surface area (Å²) in [5.41, 5.74) is 11.5. The lowest BCUT2D eigenvalue weighted by atomic mass is 9.76. The van der Waals surface area contributed by atoms with Crippen molar-refractivity contribution in [3.8, 4) is 0 Å². The van der Waals surface area contributed by atoms with Gasteiger partial charge in [0.2, 0.25) is 0 Å². The highest BCUT2D eigenvalue weighted by atomic mass is 35.5. The van der Waals surface area contributed by atoms with Crippen LogP contribution in [0.3, 0.4) is 0 Å². The van der Waals surface area contributed by atoms with Crippen molar-refractivity contribution in [2.24, 2.45) is 11.7 Å². The number of sulfone groups is 1. The molecule has 0 heterocycles. The van der Waals surface area contributed by atoms with Crippen LogP contribution in [-0.2, 0) is 29.1 Å².